The number of benzene rings is 2. The molecule has 0 unspecified atom stereocenters. The summed E-state index contributed by atoms with van der Waals surface area (Å²) in [6, 6.07) is 13.3. The molecule has 44 heavy (non-hydrogen) atoms. The molecule has 2 aromatic carbocycles. The van der Waals surface area contributed by atoms with Gasteiger partial charge in [0.05, 0.1) is 17.1 Å². The molecule has 238 valence electrons. The van der Waals surface area contributed by atoms with Crippen molar-refractivity contribution < 1.29 is 32.3 Å². The Labute approximate surface area is 256 Å². The highest BCUT2D eigenvalue weighted by atomic mass is 19.4. The third kappa shape index (κ3) is 9.39. The van der Waals surface area contributed by atoms with Crippen LogP contribution < -0.4 is 20.4 Å². The summed E-state index contributed by atoms with van der Waals surface area (Å²) in [5.74, 6) is -0.620. The highest BCUT2D eigenvalue weighted by molar-refractivity contribution is 6.00. The molecule has 2 aliphatic rings. The molecule has 3 amide bonds. The van der Waals surface area contributed by atoms with Crippen LogP contribution in [0.15, 0.2) is 54.3 Å². The van der Waals surface area contributed by atoms with Gasteiger partial charge in [-0.25, -0.2) is 0 Å². The molecule has 2 saturated heterocycles. The highest BCUT2D eigenvalue weighted by Gasteiger charge is 2.28. The maximum Gasteiger partial charge on any atom is 0.422 e. The fourth-order valence-corrected chi connectivity index (χ4v) is 5.37. The van der Waals surface area contributed by atoms with E-state index < -0.39 is 18.7 Å². The van der Waals surface area contributed by atoms with Crippen LogP contribution in [-0.4, -0.2) is 81.2 Å². The van der Waals surface area contributed by atoms with E-state index in [1.807, 2.05) is 18.2 Å². The van der Waals surface area contributed by atoms with Gasteiger partial charge in [-0.15, -0.1) is 0 Å². The number of aryl methyl sites for hydroxylation is 1. The van der Waals surface area contributed by atoms with Gasteiger partial charge in [-0.2, -0.15) is 13.2 Å². The summed E-state index contributed by atoms with van der Waals surface area (Å²) >= 11 is 0. The molecule has 9 nitrogen and oxygen atoms in total. The van der Waals surface area contributed by atoms with Gasteiger partial charge in [0.2, 0.25) is 11.8 Å². The number of hydrogen-bond donors (Lipinski definition) is 2. The van der Waals surface area contributed by atoms with E-state index in [1.165, 1.54) is 24.3 Å². The maximum atomic E-state index is 13.0. The lowest BCUT2D eigenvalue weighted by molar-refractivity contribution is -0.164. The van der Waals surface area contributed by atoms with Crippen molar-refractivity contribution in [1.29, 1.82) is 0 Å². The number of anilines is 3. The third-order valence-corrected chi connectivity index (χ3v) is 7.71. The molecule has 0 bridgehead atoms. The van der Waals surface area contributed by atoms with Gasteiger partial charge >= 0.3 is 6.18 Å². The summed E-state index contributed by atoms with van der Waals surface area (Å²) in [5.41, 5.74) is 3.92. The number of ether oxygens (including phenoxy) is 1. The van der Waals surface area contributed by atoms with Gasteiger partial charge in [0, 0.05) is 69.9 Å². The Kier molecular flexibility index (Phi) is 11.1. The summed E-state index contributed by atoms with van der Waals surface area (Å²) in [6.07, 6.45) is -1.30. The summed E-state index contributed by atoms with van der Waals surface area (Å²) in [5, 5.41) is 5.74. The van der Waals surface area contributed by atoms with Crippen molar-refractivity contribution in [2.45, 2.75) is 45.7 Å². The van der Waals surface area contributed by atoms with Crippen LogP contribution >= 0.6 is 0 Å². The molecule has 0 saturated carbocycles. The zero-order chi connectivity index (χ0) is 31.7. The Balaban J connectivity index is 1.43. The van der Waals surface area contributed by atoms with E-state index in [1.54, 1.807) is 17.0 Å². The van der Waals surface area contributed by atoms with Crippen LogP contribution in [0.3, 0.4) is 0 Å². The van der Waals surface area contributed by atoms with Crippen LogP contribution in [-0.2, 0) is 14.3 Å². The Morgan fingerprint density at radius 1 is 1.00 bits per heavy atom. The SMILES string of the molecule is CC(=CCC(=O)Nc1cc(C(=O)NCCCN2CCCC2=O)ccc1N1CCN(c2ccccc2C)CC1)OCC(F)(F)F. The number of nitrogens with one attached hydrogen (secondary N) is 2. The predicted octanol–water partition coefficient (Wildman–Crippen LogP) is 4.88. The second kappa shape index (κ2) is 15.0. The van der Waals surface area contributed by atoms with Gasteiger partial charge in [-0.3, -0.25) is 14.4 Å². The zero-order valence-electron chi connectivity index (χ0n) is 25.2. The first-order valence-corrected chi connectivity index (χ1v) is 14.9. The van der Waals surface area contributed by atoms with Crippen molar-refractivity contribution in [3.8, 4) is 0 Å². The fraction of sp³-hybridized carbons (Fsp3) is 0.469. The van der Waals surface area contributed by atoms with Crippen LogP contribution in [0.1, 0.15) is 48.5 Å². The summed E-state index contributed by atoms with van der Waals surface area (Å²) < 4.78 is 42.1. The van der Waals surface area contributed by atoms with Crippen LogP contribution in [0.5, 0.6) is 0 Å². The van der Waals surface area contributed by atoms with Crippen molar-refractivity contribution >= 4 is 34.8 Å². The third-order valence-electron chi connectivity index (χ3n) is 7.71. The average molecular weight is 616 g/mol. The lowest BCUT2D eigenvalue weighted by Crippen LogP contribution is -2.47. The molecule has 4 rings (SSSR count). The van der Waals surface area contributed by atoms with E-state index in [-0.39, 0.29) is 24.0 Å². The van der Waals surface area contributed by atoms with Crippen LogP contribution in [0.4, 0.5) is 30.2 Å². The molecule has 0 aromatic heterocycles. The second-order valence-electron chi connectivity index (χ2n) is 11.1. The number of allylic oxidation sites excluding steroid dienone is 1. The van der Waals surface area contributed by atoms with Crippen molar-refractivity contribution in [3.05, 3.63) is 65.4 Å². The fourth-order valence-electron chi connectivity index (χ4n) is 5.37. The topological polar surface area (TPSA) is 94.2 Å². The number of para-hydroxylation sites is 1. The molecule has 0 radical (unpaired) electrons. The second-order valence-corrected chi connectivity index (χ2v) is 11.1. The monoisotopic (exact) mass is 615 g/mol. The van der Waals surface area contributed by atoms with Gasteiger partial charge in [-0.1, -0.05) is 18.2 Å². The van der Waals surface area contributed by atoms with Gasteiger partial charge < -0.3 is 30.1 Å². The smallest absolute Gasteiger partial charge is 0.422 e. The van der Waals surface area contributed by atoms with Crippen molar-refractivity contribution in [2.24, 2.45) is 0 Å². The number of likely N-dealkylation sites (tertiary alicyclic amines) is 1. The number of carbonyl (C=O) groups is 3. The van der Waals surface area contributed by atoms with E-state index in [0.29, 0.717) is 50.3 Å². The largest absolute Gasteiger partial charge is 0.489 e. The Bertz CT molecular complexity index is 1360. The minimum atomic E-state index is -4.47. The van der Waals surface area contributed by atoms with Gasteiger partial charge in [0.25, 0.3) is 5.91 Å². The first kappa shape index (κ1) is 32.7. The molecular weight excluding hydrogens is 575 g/mol. The maximum absolute atomic E-state index is 13.0. The number of piperazine rings is 1. The zero-order valence-corrected chi connectivity index (χ0v) is 25.2. The normalized spacial score (nSPS) is 15.9. The molecular formula is C32H40F3N5O4. The standard InChI is InChI=1S/C32H40F3N5O4/c1-23-7-3-4-8-27(23)38-17-19-39(20-18-38)28-12-11-25(31(43)36-14-6-16-40-15-5-9-30(40)42)21-26(28)37-29(41)13-10-24(2)44-22-32(33,34)35/h3-4,7-8,10-12,21H,5-6,9,13-20,22H2,1-2H3,(H,36,43)(H,37,41). The Hall–Kier alpha value is -4.22. The minimum Gasteiger partial charge on any atom is -0.489 e. The number of amides is 3. The summed E-state index contributed by atoms with van der Waals surface area (Å²) in [7, 11) is 0. The number of rotatable bonds is 12. The average Bonchev–Trinajstić information content (AvgIpc) is 3.41. The molecule has 2 N–H and O–H groups in total. The molecule has 2 fully saturated rings. The van der Waals surface area contributed by atoms with E-state index in [2.05, 4.69) is 44.2 Å². The molecule has 0 spiro atoms. The molecule has 0 atom stereocenters. The van der Waals surface area contributed by atoms with E-state index in [0.717, 1.165) is 31.7 Å². The number of halogens is 3. The summed E-state index contributed by atoms with van der Waals surface area (Å²) in [6.45, 7) is 6.64. The van der Waals surface area contributed by atoms with Crippen LogP contribution in [0.2, 0.25) is 0 Å². The van der Waals surface area contributed by atoms with E-state index in [9.17, 15) is 27.6 Å². The Morgan fingerprint density at radius 3 is 2.36 bits per heavy atom. The van der Waals surface area contributed by atoms with Gasteiger partial charge in [0.15, 0.2) is 6.61 Å². The molecule has 0 aliphatic carbocycles. The van der Waals surface area contributed by atoms with Crippen molar-refractivity contribution in [2.75, 3.05) is 67.5 Å². The van der Waals surface area contributed by atoms with E-state index in [4.69, 9.17) is 0 Å². The lowest BCUT2D eigenvalue weighted by Gasteiger charge is -2.38. The number of carbonyl (C=O) groups excluding carboxylic acids is 3. The molecule has 12 heteroatoms. The van der Waals surface area contributed by atoms with Crippen molar-refractivity contribution in [1.82, 2.24) is 10.2 Å². The van der Waals surface area contributed by atoms with Crippen molar-refractivity contribution in [3.63, 3.8) is 0 Å². The number of alkyl halides is 3. The van der Waals surface area contributed by atoms with Crippen LogP contribution in [0, 0.1) is 6.92 Å². The Morgan fingerprint density at radius 2 is 1.70 bits per heavy atom. The molecule has 2 aromatic rings. The summed E-state index contributed by atoms with van der Waals surface area (Å²) in [4.78, 5) is 43.9. The minimum absolute atomic E-state index is 0.00575. The first-order chi connectivity index (χ1) is 21.0. The highest BCUT2D eigenvalue weighted by Crippen LogP contribution is 2.30. The van der Waals surface area contributed by atoms with Crippen LogP contribution in [0.25, 0.3) is 0 Å². The lowest BCUT2D eigenvalue weighted by atomic mass is 10.1. The first-order valence-electron chi connectivity index (χ1n) is 14.9. The van der Waals surface area contributed by atoms with Gasteiger partial charge in [-0.05, 0) is 62.6 Å². The number of nitrogens with zero attached hydrogens (tertiary/aromatic N) is 3. The molecule has 2 aliphatic heterocycles. The van der Waals surface area contributed by atoms with Gasteiger partial charge in [0.1, 0.15) is 0 Å². The number of hydrogen-bond acceptors (Lipinski definition) is 6. The van der Waals surface area contributed by atoms with E-state index >= 15 is 0 Å². The molecule has 2 heterocycles. The predicted molar refractivity (Wildman–Crippen MR) is 164 cm³/mol. The quantitative estimate of drug-likeness (QED) is 0.261.